The lowest BCUT2D eigenvalue weighted by Gasteiger charge is -2.25. The molecule has 1 heterocycles. The Bertz CT molecular complexity index is 387. The van der Waals surface area contributed by atoms with Gasteiger partial charge in [-0.3, -0.25) is 10.1 Å². The summed E-state index contributed by atoms with van der Waals surface area (Å²) in [6.45, 7) is 11.5. The first-order valence-electron chi connectivity index (χ1n) is 6.46. The summed E-state index contributed by atoms with van der Waals surface area (Å²) in [7, 11) is 0. The Morgan fingerprint density at radius 2 is 2.06 bits per heavy atom. The van der Waals surface area contributed by atoms with E-state index >= 15 is 0 Å². The van der Waals surface area contributed by atoms with Crippen molar-refractivity contribution in [3.63, 3.8) is 0 Å². The van der Waals surface area contributed by atoms with Crippen LogP contribution in [0.15, 0.2) is 5.38 Å². The van der Waals surface area contributed by atoms with E-state index in [2.05, 4.69) is 10.3 Å². The molecule has 102 valence electrons. The largest absolute Gasteiger partial charge is 0.342 e. The van der Waals surface area contributed by atoms with E-state index in [0.29, 0.717) is 0 Å². The second kappa shape index (κ2) is 6.85. The summed E-state index contributed by atoms with van der Waals surface area (Å²) in [5.74, 6) is 0.152. The molecule has 18 heavy (non-hydrogen) atoms. The number of aryl methyl sites for hydroxylation is 1. The highest BCUT2D eigenvalue weighted by atomic mass is 32.1. The predicted octanol–water partition coefficient (Wildman–Crippen LogP) is 2.36. The zero-order valence-electron chi connectivity index (χ0n) is 11.9. The molecular formula is C13H23N3OS. The third-order valence-corrected chi connectivity index (χ3v) is 3.82. The molecule has 1 amide bonds. The maximum Gasteiger partial charge on any atom is 0.239 e. The molecule has 0 fully saturated rings. The Morgan fingerprint density at radius 3 is 2.50 bits per heavy atom. The first kappa shape index (κ1) is 15.1. The Labute approximate surface area is 113 Å². The molecule has 0 bridgehead atoms. The van der Waals surface area contributed by atoms with Crippen LogP contribution in [-0.2, 0) is 4.79 Å². The quantitative estimate of drug-likeness (QED) is 0.862. The van der Waals surface area contributed by atoms with Gasteiger partial charge >= 0.3 is 0 Å². The van der Waals surface area contributed by atoms with Crippen LogP contribution in [0.25, 0.3) is 0 Å². The van der Waals surface area contributed by atoms with Gasteiger partial charge in [0.2, 0.25) is 5.91 Å². The van der Waals surface area contributed by atoms with Crippen molar-refractivity contribution in [3.05, 3.63) is 16.1 Å². The zero-order chi connectivity index (χ0) is 13.7. The lowest BCUT2D eigenvalue weighted by Crippen LogP contribution is -2.45. The van der Waals surface area contributed by atoms with E-state index in [9.17, 15) is 4.79 Å². The molecule has 5 heteroatoms. The minimum absolute atomic E-state index is 0.101. The van der Waals surface area contributed by atoms with E-state index in [1.165, 1.54) is 0 Å². The van der Waals surface area contributed by atoms with Crippen molar-refractivity contribution >= 4 is 17.2 Å². The van der Waals surface area contributed by atoms with Crippen LogP contribution in [0, 0.1) is 6.92 Å². The van der Waals surface area contributed by atoms with Gasteiger partial charge < -0.3 is 4.90 Å². The van der Waals surface area contributed by atoms with Gasteiger partial charge in [-0.2, -0.15) is 0 Å². The fourth-order valence-corrected chi connectivity index (χ4v) is 2.63. The predicted molar refractivity (Wildman–Crippen MR) is 75.8 cm³/mol. The van der Waals surface area contributed by atoms with Gasteiger partial charge in [0, 0.05) is 24.5 Å². The van der Waals surface area contributed by atoms with E-state index in [4.69, 9.17) is 0 Å². The molecule has 2 unspecified atom stereocenters. The number of nitrogens with one attached hydrogen (secondary N) is 1. The van der Waals surface area contributed by atoms with Crippen molar-refractivity contribution in [1.29, 1.82) is 0 Å². The Kier molecular flexibility index (Phi) is 5.75. The van der Waals surface area contributed by atoms with Crippen molar-refractivity contribution in [2.24, 2.45) is 0 Å². The Morgan fingerprint density at radius 1 is 1.44 bits per heavy atom. The second-order valence-electron chi connectivity index (χ2n) is 4.41. The highest BCUT2D eigenvalue weighted by Crippen LogP contribution is 2.16. The number of aromatic nitrogens is 1. The Balaban J connectivity index is 2.58. The monoisotopic (exact) mass is 269 g/mol. The summed E-state index contributed by atoms with van der Waals surface area (Å²) in [5.41, 5.74) is 1.01. The number of thiazole rings is 1. The van der Waals surface area contributed by atoms with Crippen LogP contribution in [0.1, 0.15) is 44.4 Å². The average Bonchev–Trinajstić information content (AvgIpc) is 2.77. The van der Waals surface area contributed by atoms with Crippen molar-refractivity contribution < 1.29 is 4.79 Å². The standard InChI is InChI=1S/C13H23N3OS/c1-6-16(7-2)13(17)10(4)14-9(3)12-8-18-11(5)15-12/h8-10,14H,6-7H2,1-5H3. The summed E-state index contributed by atoms with van der Waals surface area (Å²) in [6, 6.07) is -0.0774. The van der Waals surface area contributed by atoms with Crippen LogP contribution in [0.4, 0.5) is 0 Å². The normalized spacial score (nSPS) is 14.3. The first-order valence-corrected chi connectivity index (χ1v) is 7.34. The third-order valence-electron chi connectivity index (χ3n) is 3.03. The molecular weight excluding hydrogens is 246 g/mol. The molecule has 1 N–H and O–H groups in total. The molecule has 1 aromatic rings. The molecule has 0 aliphatic heterocycles. The van der Waals surface area contributed by atoms with E-state index in [0.717, 1.165) is 23.8 Å². The molecule has 0 saturated carbocycles. The number of rotatable bonds is 6. The lowest BCUT2D eigenvalue weighted by atomic mass is 10.2. The van der Waals surface area contributed by atoms with E-state index in [-0.39, 0.29) is 18.0 Å². The Hall–Kier alpha value is -0.940. The average molecular weight is 269 g/mol. The number of likely N-dealkylation sites (N-methyl/N-ethyl adjacent to an activating group) is 1. The summed E-state index contributed by atoms with van der Waals surface area (Å²) in [5, 5.41) is 6.41. The molecule has 1 rings (SSSR count). The zero-order valence-corrected chi connectivity index (χ0v) is 12.7. The van der Waals surface area contributed by atoms with Gasteiger partial charge in [0.05, 0.1) is 16.7 Å². The second-order valence-corrected chi connectivity index (χ2v) is 5.47. The van der Waals surface area contributed by atoms with E-state index in [1.54, 1.807) is 11.3 Å². The molecule has 4 nitrogen and oxygen atoms in total. The van der Waals surface area contributed by atoms with Crippen LogP contribution >= 0.6 is 11.3 Å². The van der Waals surface area contributed by atoms with Crippen molar-refractivity contribution in [1.82, 2.24) is 15.2 Å². The van der Waals surface area contributed by atoms with Gasteiger partial charge in [-0.15, -0.1) is 11.3 Å². The molecule has 2 atom stereocenters. The third kappa shape index (κ3) is 3.78. The maximum atomic E-state index is 12.1. The smallest absolute Gasteiger partial charge is 0.239 e. The first-order chi connectivity index (χ1) is 8.49. The highest BCUT2D eigenvalue weighted by molar-refractivity contribution is 7.09. The van der Waals surface area contributed by atoms with Gasteiger partial charge in [0.1, 0.15) is 0 Å². The minimum atomic E-state index is -0.179. The molecule has 0 saturated heterocycles. The molecule has 0 radical (unpaired) electrons. The van der Waals surface area contributed by atoms with E-state index < -0.39 is 0 Å². The minimum Gasteiger partial charge on any atom is -0.342 e. The molecule has 0 aliphatic carbocycles. The fourth-order valence-electron chi connectivity index (χ4n) is 1.92. The van der Waals surface area contributed by atoms with Crippen molar-refractivity contribution in [2.75, 3.05) is 13.1 Å². The number of carbonyl (C=O) groups is 1. The summed E-state index contributed by atoms with van der Waals surface area (Å²) >= 11 is 1.64. The summed E-state index contributed by atoms with van der Waals surface area (Å²) < 4.78 is 0. The number of nitrogens with zero attached hydrogens (tertiary/aromatic N) is 2. The van der Waals surface area contributed by atoms with Crippen molar-refractivity contribution in [3.8, 4) is 0 Å². The highest BCUT2D eigenvalue weighted by Gasteiger charge is 2.20. The number of hydrogen-bond donors (Lipinski definition) is 1. The summed E-state index contributed by atoms with van der Waals surface area (Å²) in [6.07, 6.45) is 0. The molecule has 0 aliphatic rings. The van der Waals surface area contributed by atoms with Gasteiger partial charge in [0.25, 0.3) is 0 Å². The van der Waals surface area contributed by atoms with Crippen molar-refractivity contribution in [2.45, 2.75) is 46.7 Å². The van der Waals surface area contributed by atoms with Crippen LogP contribution in [0.3, 0.4) is 0 Å². The van der Waals surface area contributed by atoms with Gasteiger partial charge in [-0.1, -0.05) is 0 Å². The summed E-state index contributed by atoms with van der Waals surface area (Å²) in [4.78, 5) is 18.4. The van der Waals surface area contributed by atoms with Crippen LogP contribution in [-0.4, -0.2) is 34.9 Å². The number of carbonyl (C=O) groups excluding carboxylic acids is 1. The number of amides is 1. The topological polar surface area (TPSA) is 45.2 Å². The molecule has 1 aromatic heterocycles. The molecule has 0 spiro atoms. The van der Waals surface area contributed by atoms with Crippen LogP contribution in [0.5, 0.6) is 0 Å². The SMILES string of the molecule is CCN(CC)C(=O)C(C)NC(C)c1csc(C)n1. The van der Waals surface area contributed by atoms with Gasteiger partial charge in [0.15, 0.2) is 0 Å². The lowest BCUT2D eigenvalue weighted by molar-refractivity contribution is -0.132. The van der Waals surface area contributed by atoms with Crippen LogP contribution in [0.2, 0.25) is 0 Å². The molecule has 0 aromatic carbocycles. The van der Waals surface area contributed by atoms with Gasteiger partial charge in [-0.05, 0) is 34.6 Å². The van der Waals surface area contributed by atoms with Gasteiger partial charge in [-0.25, -0.2) is 4.98 Å². The fraction of sp³-hybridized carbons (Fsp3) is 0.692. The maximum absolute atomic E-state index is 12.1. The van der Waals surface area contributed by atoms with E-state index in [1.807, 2.05) is 44.9 Å². The number of hydrogen-bond acceptors (Lipinski definition) is 4. The van der Waals surface area contributed by atoms with Crippen LogP contribution < -0.4 is 5.32 Å².